The summed E-state index contributed by atoms with van der Waals surface area (Å²) in [4.78, 5) is 10.2. The van der Waals surface area contributed by atoms with E-state index in [9.17, 15) is 10.1 Å². The lowest BCUT2D eigenvalue weighted by molar-refractivity contribution is -0.384. The zero-order valence-corrected chi connectivity index (χ0v) is 11.6. The number of rotatable bonds is 5. The molecule has 0 saturated carbocycles. The number of nitrogen functional groups attached to an aromatic ring is 1. The molecule has 0 bridgehead atoms. The molecule has 5 nitrogen and oxygen atoms in total. The molecule has 0 radical (unpaired) electrons. The highest BCUT2D eigenvalue weighted by atomic mass is 35.5. The second-order valence-electron chi connectivity index (χ2n) is 3.74. The SMILES string of the molecule is CC(=CC=C(Cl)Cl)COc1ccc(N)c([N+](=O)[O-])c1. The number of hydrogen-bond donors (Lipinski definition) is 1. The summed E-state index contributed by atoms with van der Waals surface area (Å²) in [6, 6.07) is 4.29. The van der Waals surface area contributed by atoms with Gasteiger partial charge in [0, 0.05) is 0 Å². The van der Waals surface area contributed by atoms with E-state index in [1.807, 2.05) is 6.92 Å². The largest absolute Gasteiger partial charge is 0.489 e. The Labute approximate surface area is 120 Å². The van der Waals surface area contributed by atoms with Crippen LogP contribution in [0.25, 0.3) is 0 Å². The molecular weight excluding hydrogens is 291 g/mol. The molecule has 1 aromatic rings. The molecule has 19 heavy (non-hydrogen) atoms. The van der Waals surface area contributed by atoms with Gasteiger partial charge in [0.25, 0.3) is 5.69 Å². The van der Waals surface area contributed by atoms with Gasteiger partial charge in [0.05, 0.1) is 11.0 Å². The van der Waals surface area contributed by atoms with Crippen molar-refractivity contribution in [3.05, 3.63) is 50.5 Å². The predicted molar refractivity (Wildman–Crippen MR) is 76.5 cm³/mol. The molecule has 0 fully saturated rings. The number of allylic oxidation sites excluding steroid dienone is 2. The third-order valence-electron chi connectivity index (χ3n) is 2.16. The summed E-state index contributed by atoms with van der Waals surface area (Å²) in [5.74, 6) is 0.370. The third-order valence-corrected chi connectivity index (χ3v) is 2.41. The van der Waals surface area contributed by atoms with Crippen molar-refractivity contribution in [3.63, 3.8) is 0 Å². The van der Waals surface area contributed by atoms with E-state index in [1.165, 1.54) is 18.2 Å². The predicted octanol–water partition coefficient (Wildman–Crippen LogP) is 3.82. The Morgan fingerprint density at radius 2 is 2.16 bits per heavy atom. The molecule has 0 aliphatic heterocycles. The van der Waals surface area contributed by atoms with Crippen LogP contribution < -0.4 is 10.5 Å². The smallest absolute Gasteiger partial charge is 0.295 e. The van der Waals surface area contributed by atoms with E-state index in [1.54, 1.807) is 12.1 Å². The van der Waals surface area contributed by atoms with Crippen LogP contribution in [0.1, 0.15) is 6.92 Å². The number of halogens is 2. The number of ether oxygens (including phenoxy) is 1. The standard InChI is InChI=1S/C12H12Cl2N2O3/c1-8(2-5-12(13)14)7-19-9-3-4-10(15)11(6-9)16(17)18/h2-6H,7,15H2,1H3. The first-order valence-electron chi connectivity index (χ1n) is 5.25. The number of hydrogen-bond acceptors (Lipinski definition) is 4. The zero-order valence-electron chi connectivity index (χ0n) is 10.1. The molecule has 0 atom stereocenters. The Hall–Kier alpha value is -1.72. The molecule has 0 aliphatic carbocycles. The van der Waals surface area contributed by atoms with Crippen molar-refractivity contribution >= 4 is 34.6 Å². The molecule has 0 aromatic heterocycles. The van der Waals surface area contributed by atoms with E-state index in [0.717, 1.165) is 5.57 Å². The van der Waals surface area contributed by atoms with Crippen LogP contribution in [0.15, 0.2) is 40.4 Å². The molecule has 0 unspecified atom stereocenters. The maximum Gasteiger partial charge on any atom is 0.295 e. The third kappa shape index (κ3) is 5.19. The first kappa shape index (κ1) is 15.3. The van der Waals surface area contributed by atoms with Crippen LogP contribution in [0.2, 0.25) is 0 Å². The average Bonchev–Trinajstić information content (AvgIpc) is 2.35. The molecule has 1 aromatic carbocycles. The highest BCUT2D eigenvalue weighted by Crippen LogP contribution is 2.26. The number of nitro groups is 1. The van der Waals surface area contributed by atoms with Gasteiger partial charge in [-0.05, 0) is 30.7 Å². The Morgan fingerprint density at radius 3 is 2.74 bits per heavy atom. The second-order valence-corrected chi connectivity index (χ2v) is 4.74. The fraction of sp³-hybridized carbons (Fsp3) is 0.167. The van der Waals surface area contributed by atoms with Gasteiger partial charge in [0.2, 0.25) is 0 Å². The van der Waals surface area contributed by atoms with Crippen molar-refractivity contribution in [2.45, 2.75) is 6.92 Å². The molecule has 0 aliphatic rings. The molecular formula is C12H12Cl2N2O3. The Morgan fingerprint density at radius 1 is 1.47 bits per heavy atom. The van der Waals surface area contributed by atoms with E-state index >= 15 is 0 Å². The fourth-order valence-corrected chi connectivity index (χ4v) is 1.35. The summed E-state index contributed by atoms with van der Waals surface area (Å²) in [6.45, 7) is 2.08. The molecule has 1 rings (SSSR count). The van der Waals surface area contributed by atoms with Crippen molar-refractivity contribution in [1.82, 2.24) is 0 Å². The van der Waals surface area contributed by atoms with Crippen LogP contribution >= 0.6 is 23.2 Å². The van der Waals surface area contributed by atoms with E-state index in [4.69, 9.17) is 33.7 Å². The molecule has 102 valence electrons. The minimum absolute atomic E-state index is 0.0986. The van der Waals surface area contributed by atoms with Gasteiger partial charge >= 0.3 is 0 Å². The maximum absolute atomic E-state index is 10.7. The molecule has 0 heterocycles. The normalized spacial score (nSPS) is 11.0. The van der Waals surface area contributed by atoms with E-state index < -0.39 is 4.92 Å². The number of benzene rings is 1. The molecule has 0 spiro atoms. The molecule has 2 N–H and O–H groups in total. The molecule has 0 amide bonds. The van der Waals surface area contributed by atoms with Gasteiger partial charge < -0.3 is 10.5 Å². The van der Waals surface area contributed by atoms with E-state index in [-0.39, 0.29) is 22.5 Å². The lowest BCUT2D eigenvalue weighted by atomic mass is 10.2. The van der Waals surface area contributed by atoms with Crippen molar-refractivity contribution in [2.24, 2.45) is 0 Å². The lowest BCUT2D eigenvalue weighted by Crippen LogP contribution is -2.01. The van der Waals surface area contributed by atoms with Crippen molar-refractivity contribution in [2.75, 3.05) is 12.3 Å². The van der Waals surface area contributed by atoms with Gasteiger partial charge in [-0.3, -0.25) is 10.1 Å². The minimum Gasteiger partial charge on any atom is -0.489 e. The topological polar surface area (TPSA) is 78.4 Å². The highest BCUT2D eigenvalue weighted by molar-refractivity contribution is 6.55. The van der Waals surface area contributed by atoms with Gasteiger partial charge in [-0.15, -0.1) is 0 Å². The summed E-state index contributed by atoms with van der Waals surface area (Å²) in [5, 5.41) is 10.7. The second kappa shape index (κ2) is 7.01. The van der Waals surface area contributed by atoms with Crippen LogP contribution in [-0.4, -0.2) is 11.5 Å². The Balaban J connectivity index is 2.74. The zero-order chi connectivity index (χ0) is 14.4. The number of anilines is 1. The Bertz CT molecular complexity index is 538. The van der Waals surface area contributed by atoms with Crippen LogP contribution in [0.4, 0.5) is 11.4 Å². The van der Waals surface area contributed by atoms with Crippen molar-refractivity contribution in [3.8, 4) is 5.75 Å². The van der Waals surface area contributed by atoms with Gasteiger partial charge in [-0.1, -0.05) is 29.3 Å². The maximum atomic E-state index is 10.7. The number of nitro benzene ring substituents is 1. The molecule has 0 saturated heterocycles. The van der Waals surface area contributed by atoms with Gasteiger partial charge in [0.1, 0.15) is 22.5 Å². The van der Waals surface area contributed by atoms with Gasteiger partial charge in [0.15, 0.2) is 0 Å². The summed E-state index contributed by atoms with van der Waals surface area (Å²) in [6.07, 6.45) is 3.22. The van der Waals surface area contributed by atoms with E-state index in [2.05, 4.69) is 0 Å². The summed E-state index contributed by atoms with van der Waals surface area (Å²) in [5.41, 5.74) is 6.26. The Kier molecular flexibility index (Phi) is 5.66. The van der Waals surface area contributed by atoms with Crippen LogP contribution in [-0.2, 0) is 0 Å². The quantitative estimate of drug-likeness (QED) is 0.388. The minimum atomic E-state index is -0.555. The number of nitrogens with zero attached hydrogens (tertiary/aromatic N) is 1. The van der Waals surface area contributed by atoms with Crippen LogP contribution in [0.3, 0.4) is 0 Å². The van der Waals surface area contributed by atoms with E-state index in [0.29, 0.717) is 5.75 Å². The lowest BCUT2D eigenvalue weighted by Gasteiger charge is -2.06. The monoisotopic (exact) mass is 302 g/mol. The van der Waals surface area contributed by atoms with Crippen molar-refractivity contribution < 1.29 is 9.66 Å². The highest BCUT2D eigenvalue weighted by Gasteiger charge is 2.12. The average molecular weight is 303 g/mol. The summed E-state index contributed by atoms with van der Waals surface area (Å²) >= 11 is 10.9. The van der Waals surface area contributed by atoms with Crippen LogP contribution in [0, 0.1) is 10.1 Å². The van der Waals surface area contributed by atoms with Crippen molar-refractivity contribution in [1.29, 1.82) is 0 Å². The van der Waals surface area contributed by atoms with Gasteiger partial charge in [-0.2, -0.15) is 0 Å². The molecule has 7 heteroatoms. The summed E-state index contributed by atoms with van der Waals surface area (Å²) in [7, 11) is 0. The first-order chi connectivity index (χ1) is 8.90. The number of nitrogens with two attached hydrogens (primary N) is 1. The van der Waals surface area contributed by atoms with Gasteiger partial charge in [-0.25, -0.2) is 0 Å². The summed E-state index contributed by atoms with van der Waals surface area (Å²) < 4.78 is 5.54. The fourth-order valence-electron chi connectivity index (χ4n) is 1.22. The van der Waals surface area contributed by atoms with Crippen LogP contribution in [0.5, 0.6) is 5.75 Å². The first-order valence-corrected chi connectivity index (χ1v) is 6.01.